The fourth-order valence-corrected chi connectivity index (χ4v) is 3.80. The molecule has 0 aliphatic rings. The predicted octanol–water partition coefficient (Wildman–Crippen LogP) is 3.78. The van der Waals surface area contributed by atoms with Crippen molar-refractivity contribution in [2.45, 2.75) is 10.6 Å². The summed E-state index contributed by atoms with van der Waals surface area (Å²) in [6.45, 7) is 0. The number of fused-ring (bicyclic) bond motifs is 1. The zero-order valence-electron chi connectivity index (χ0n) is 11.1. The lowest BCUT2D eigenvalue weighted by atomic mass is 10.1. The van der Waals surface area contributed by atoms with E-state index in [2.05, 4.69) is 4.98 Å². The van der Waals surface area contributed by atoms with Gasteiger partial charge in [0.25, 0.3) is 0 Å². The van der Waals surface area contributed by atoms with E-state index in [0.29, 0.717) is 21.4 Å². The fourth-order valence-electron chi connectivity index (χ4n) is 2.20. The fraction of sp³-hybridized carbons (Fsp3) is 0.0625. The first-order valence-corrected chi connectivity index (χ1v) is 8.11. The number of benzene rings is 2. The molecule has 0 saturated carbocycles. The minimum atomic E-state index is -1.26. The average molecular weight is 317 g/mol. The third kappa shape index (κ3) is 2.91. The summed E-state index contributed by atoms with van der Waals surface area (Å²) in [5, 5.41) is 1.50. The van der Waals surface area contributed by atoms with Crippen molar-refractivity contribution in [3.05, 3.63) is 65.3 Å². The predicted molar refractivity (Wildman–Crippen MR) is 87.7 cm³/mol. The summed E-state index contributed by atoms with van der Waals surface area (Å²) in [6, 6.07) is 14.8. The number of para-hydroxylation sites is 1. The Morgan fingerprint density at radius 1 is 1.14 bits per heavy atom. The summed E-state index contributed by atoms with van der Waals surface area (Å²) in [6.07, 6.45) is 1.74. The summed E-state index contributed by atoms with van der Waals surface area (Å²) in [5.41, 5.74) is 8.10. The van der Waals surface area contributed by atoms with Crippen LogP contribution in [0.1, 0.15) is 5.56 Å². The molecule has 1 heterocycles. The van der Waals surface area contributed by atoms with Gasteiger partial charge in [0.15, 0.2) is 0 Å². The zero-order chi connectivity index (χ0) is 14.8. The molecule has 0 radical (unpaired) electrons. The van der Waals surface area contributed by atoms with Gasteiger partial charge in [-0.1, -0.05) is 35.9 Å². The van der Waals surface area contributed by atoms with Crippen molar-refractivity contribution in [1.29, 1.82) is 0 Å². The number of hydrogen-bond acceptors (Lipinski definition) is 3. The number of pyridine rings is 1. The van der Waals surface area contributed by atoms with Gasteiger partial charge in [0.2, 0.25) is 0 Å². The Hall–Kier alpha value is -1.91. The van der Waals surface area contributed by atoms with Crippen molar-refractivity contribution in [3.8, 4) is 0 Å². The average Bonchev–Trinajstić information content (AvgIpc) is 2.50. The molecule has 0 amide bonds. The van der Waals surface area contributed by atoms with Gasteiger partial charge in [0.05, 0.1) is 32.0 Å². The van der Waals surface area contributed by atoms with E-state index in [1.165, 1.54) is 0 Å². The van der Waals surface area contributed by atoms with Gasteiger partial charge >= 0.3 is 0 Å². The first-order valence-electron chi connectivity index (χ1n) is 6.41. The molecule has 0 saturated heterocycles. The van der Waals surface area contributed by atoms with Crippen LogP contribution >= 0.6 is 11.6 Å². The van der Waals surface area contributed by atoms with Crippen molar-refractivity contribution >= 4 is 39.0 Å². The Balaban J connectivity index is 1.99. The summed E-state index contributed by atoms with van der Waals surface area (Å²) in [5.74, 6) is 0.359. The maximum atomic E-state index is 12.6. The van der Waals surface area contributed by atoms with E-state index in [0.717, 1.165) is 16.5 Å². The molecule has 0 spiro atoms. The molecule has 3 nitrogen and oxygen atoms in total. The second-order valence-electron chi connectivity index (χ2n) is 4.67. The topological polar surface area (TPSA) is 56.0 Å². The van der Waals surface area contributed by atoms with Gasteiger partial charge in [-0.2, -0.15) is 0 Å². The first-order chi connectivity index (χ1) is 10.1. The van der Waals surface area contributed by atoms with E-state index in [4.69, 9.17) is 17.3 Å². The van der Waals surface area contributed by atoms with E-state index in [1.807, 2.05) is 30.3 Å². The number of nitrogen functional groups attached to an aromatic ring is 1. The number of nitrogens with two attached hydrogens (primary N) is 1. The lowest BCUT2D eigenvalue weighted by Crippen LogP contribution is -2.00. The molecular formula is C16H13ClN2OS. The molecule has 1 aromatic heterocycles. The van der Waals surface area contributed by atoms with E-state index >= 15 is 0 Å². The number of anilines is 1. The zero-order valence-corrected chi connectivity index (χ0v) is 12.7. The van der Waals surface area contributed by atoms with Crippen LogP contribution in [-0.2, 0) is 16.6 Å². The van der Waals surface area contributed by atoms with Gasteiger partial charge < -0.3 is 5.73 Å². The van der Waals surface area contributed by atoms with Crippen LogP contribution in [0.3, 0.4) is 0 Å². The Bertz CT molecular complexity index is 830. The molecule has 0 bridgehead atoms. The molecule has 2 N–H and O–H groups in total. The van der Waals surface area contributed by atoms with Crippen LogP contribution < -0.4 is 5.73 Å². The second-order valence-corrected chi connectivity index (χ2v) is 6.50. The molecule has 1 atom stereocenters. The van der Waals surface area contributed by atoms with Crippen LogP contribution in [0.5, 0.6) is 0 Å². The number of hydrogen-bond donors (Lipinski definition) is 1. The maximum Gasteiger partial charge on any atom is 0.0743 e. The highest BCUT2D eigenvalue weighted by Gasteiger charge is 2.12. The largest absolute Gasteiger partial charge is 0.399 e. The second kappa shape index (κ2) is 5.84. The number of aromatic nitrogens is 1. The summed E-state index contributed by atoms with van der Waals surface area (Å²) >= 11 is 6.11. The van der Waals surface area contributed by atoms with Crippen LogP contribution in [0.15, 0.2) is 59.6 Å². The van der Waals surface area contributed by atoms with Crippen molar-refractivity contribution in [2.75, 3.05) is 5.73 Å². The molecule has 0 fully saturated rings. The van der Waals surface area contributed by atoms with Crippen molar-refractivity contribution in [3.63, 3.8) is 0 Å². The SMILES string of the molecule is Nc1ccc(Cl)c(S(=O)Cc2cccc3cccnc23)c1. The lowest BCUT2D eigenvalue weighted by molar-refractivity contribution is 0.683. The molecular weight excluding hydrogens is 304 g/mol. The molecule has 0 aliphatic carbocycles. The Morgan fingerprint density at radius 2 is 1.95 bits per heavy atom. The molecule has 21 heavy (non-hydrogen) atoms. The van der Waals surface area contributed by atoms with Gasteiger partial charge in [0, 0.05) is 17.3 Å². The van der Waals surface area contributed by atoms with Crippen LogP contribution in [-0.4, -0.2) is 9.19 Å². The highest BCUT2D eigenvalue weighted by molar-refractivity contribution is 7.84. The molecule has 5 heteroatoms. The van der Waals surface area contributed by atoms with Crippen LogP contribution in [0, 0.1) is 0 Å². The molecule has 3 aromatic rings. The van der Waals surface area contributed by atoms with Gasteiger partial charge in [-0.3, -0.25) is 9.19 Å². The number of halogens is 1. The van der Waals surface area contributed by atoms with Crippen LogP contribution in [0.4, 0.5) is 5.69 Å². The molecule has 106 valence electrons. The lowest BCUT2D eigenvalue weighted by Gasteiger charge is -2.08. The maximum absolute atomic E-state index is 12.6. The highest BCUT2D eigenvalue weighted by Crippen LogP contribution is 2.26. The Labute approximate surface area is 130 Å². The molecule has 3 rings (SSSR count). The third-order valence-corrected chi connectivity index (χ3v) is 5.05. The van der Waals surface area contributed by atoms with Gasteiger partial charge in [-0.25, -0.2) is 0 Å². The minimum Gasteiger partial charge on any atom is -0.399 e. The van der Waals surface area contributed by atoms with E-state index in [1.54, 1.807) is 24.4 Å². The van der Waals surface area contributed by atoms with Gasteiger partial charge in [-0.05, 0) is 29.8 Å². The van der Waals surface area contributed by atoms with Crippen molar-refractivity contribution in [2.24, 2.45) is 0 Å². The van der Waals surface area contributed by atoms with Gasteiger partial charge in [0.1, 0.15) is 0 Å². The normalized spacial score (nSPS) is 12.4. The smallest absolute Gasteiger partial charge is 0.0743 e. The number of nitrogens with zero attached hydrogens (tertiary/aromatic N) is 1. The van der Waals surface area contributed by atoms with Gasteiger partial charge in [-0.15, -0.1) is 0 Å². The molecule has 2 aromatic carbocycles. The monoisotopic (exact) mass is 316 g/mol. The standard InChI is InChI=1S/C16H13ClN2OS/c17-14-7-6-13(18)9-15(14)21(20)10-12-4-1-3-11-5-2-8-19-16(11)12/h1-9H,10,18H2. The molecule has 0 aliphatic heterocycles. The highest BCUT2D eigenvalue weighted by atomic mass is 35.5. The van der Waals surface area contributed by atoms with Crippen LogP contribution in [0.25, 0.3) is 10.9 Å². The number of rotatable bonds is 3. The van der Waals surface area contributed by atoms with Crippen molar-refractivity contribution in [1.82, 2.24) is 4.98 Å². The minimum absolute atomic E-state index is 0.359. The summed E-state index contributed by atoms with van der Waals surface area (Å²) < 4.78 is 12.6. The molecule has 1 unspecified atom stereocenters. The Morgan fingerprint density at radius 3 is 2.81 bits per heavy atom. The quantitative estimate of drug-likeness (QED) is 0.748. The van der Waals surface area contributed by atoms with E-state index in [9.17, 15) is 4.21 Å². The van der Waals surface area contributed by atoms with E-state index in [-0.39, 0.29) is 0 Å². The van der Waals surface area contributed by atoms with E-state index < -0.39 is 10.8 Å². The first kappa shape index (κ1) is 14.0. The summed E-state index contributed by atoms with van der Waals surface area (Å²) in [7, 11) is -1.26. The Kier molecular flexibility index (Phi) is 3.90. The van der Waals surface area contributed by atoms with Crippen LogP contribution in [0.2, 0.25) is 5.02 Å². The van der Waals surface area contributed by atoms with Crippen molar-refractivity contribution < 1.29 is 4.21 Å². The summed E-state index contributed by atoms with van der Waals surface area (Å²) in [4.78, 5) is 4.94. The third-order valence-electron chi connectivity index (χ3n) is 3.20.